The molecule has 1 aromatic rings. The predicted octanol–water partition coefficient (Wildman–Crippen LogP) is 5.06. The Balaban J connectivity index is 1.35. The molecule has 4 unspecified atom stereocenters. The van der Waals surface area contributed by atoms with E-state index >= 15 is 0 Å². The van der Waals surface area contributed by atoms with E-state index in [1.807, 2.05) is 19.1 Å². The smallest absolute Gasteiger partial charge is 0.309 e. The van der Waals surface area contributed by atoms with Gasteiger partial charge in [-0.15, -0.1) is 0 Å². The van der Waals surface area contributed by atoms with Gasteiger partial charge in [0, 0.05) is 30.5 Å². The summed E-state index contributed by atoms with van der Waals surface area (Å²) in [5.74, 6) is 3.35. The second kappa shape index (κ2) is 7.61. The highest BCUT2D eigenvalue weighted by Gasteiger charge is 2.60. The molecule has 4 nitrogen and oxygen atoms in total. The van der Waals surface area contributed by atoms with Gasteiger partial charge in [-0.2, -0.15) is 0 Å². The topological polar surface area (TPSA) is 41.9 Å². The lowest BCUT2D eigenvalue weighted by Gasteiger charge is -2.39. The number of hydrogen-bond acceptors (Lipinski definition) is 4. The number of fused-ring (bicyclic) bond motifs is 3. The first-order valence-corrected chi connectivity index (χ1v) is 11.7. The molecule has 5 heteroatoms. The summed E-state index contributed by atoms with van der Waals surface area (Å²) in [4.78, 5) is 20.0. The molecule has 5 rings (SSSR count). The van der Waals surface area contributed by atoms with E-state index in [9.17, 15) is 4.79 Å². The minimum absolute atomic E-state index is 0.0205. The molecule has 1 spiro atoms. The molecule has 1 aromatic carbocycles. The third-order valence-electron chi connectivity index (χ3n) is 7.99. The van der Waals surface area contributed by atoms with E-state index in [2.05, 4.69) is 17.0 Å². The summed E-state index contributed by atoms with van der Waals surface area (Å²) in [5.41, 5.74) is 1.51. The van der Waals surface area contributed by atoms with Gasteiger partial charge in [0.15, 0.2) is 0 Å². The van der Waals surface area contributed by atoms with E-state index in [4.69, 9.17) is 21.3 Å². The lowest BCUT2D eigenvalue weighted by atomic mass is 9.69. The molecule has 2 aliphatic heterocycles. The van der Waals surface area contributed by atoms with Crippen molar-refractivity contribution >= 4 is 23.4 Å². The molecule has 0 amide bonds. The summed E-state index contributed by atoms with van der Waals surface area (Å²) in [6.07, 6.45) is 8.03. The van der Waals surface area contributed by atoms with Crippen molar-refractivity contribution in [3.8, 4) is 0 Å². The molecular weight excluding hydrogens is 384 g/mol. The summed E-state index contributed by atoms with van der Waals surface area (Å²) < 4.78 is 5.23. The van der Waals surface area contributed by atoms with Crippen molar-refractivity contribution in [2.24, 2.45) is 22.7 Å². The maximum atomic E-state index is 12.1. The van der Waals surface area contributed by atoms with Gasteiger partial charge in [-0.05, 0) is 75.0 Å². The van der Waals surface area contributed by atoms with Gasteiger partial charge in [0.05, 0.1) is 23.9 Å². The first-order chi connectivity index (χ1) is 14.1. The molecule has 4 atom stereocenters. The Morgan fingerprint density at radius 1 is 1.21 bits per heavy atom. The molecule has 156 valence electrons. The number of benzene rings is 1. The molecule has 0 aromatic heterocycles. The third kappa shape index (κ3) is 3.28. The van der Waals surface area contributed by atoms with Crippen LogP contribution >= 0.6 is 11.6 Å². The Morgan fingerprint density at radius 2 is 1.97 bits per heavy atom. The second-order valence-electron chi connectivity index (χ2n) is 9.33. The quantitative estimate of drug-likeness (QED) is 0.649. The molecule has 0 N–H and O–H groups in total. The van der Waals surface area contributed by atoms with Gasteiger partial charge in [-0.3, -0.25) is 9.79 Å². The molecule has 29 heavy (non-hydrogen) atoms. The maximum absolute atomic E-state index is 12.1. The fourth-order valence-electron chi connectivity index (χ4n) is 6.71. The maximum Gasteiger partial charge on any atom is 0.309 e. The SMILES string of the molecule is CCOC(=O)C1CCN(C2=NC3(CC2)C2CCC(C2)C3c2ccc(Cl)cc2)CC1. The lowest BCUT2D eigenvalue weighted by molar-refractivity contribution is -0.149. The molecule has 2 saturated carbocycles. The van der Waals surface area contributed by atoms with E-state index in [0.717, 1.165) is 49.2 Å². The minimum atomic E-state index is -0.0205. The molecular formula is C24H31ClN2O2. The number of likely N-dealkylation sites (tertiary alicyclic amines) is 1. The van der Waals surface area contributed by atoms with Gasteiger partial charge in [-0.25, -0.2) is 0 Å². The van der Waals surface area contributed by atoms with Crippen LogP contribution in [0.5, 0.6) is 0 Å². The number of hydrogen-bond donors (Lipinski definition) is 0. The standard InChI is InChI=1S/C24H31ClN2O2/c1-2-29-23(28)17-10-13-27(14-11-17)21-9-12-24(26-21)19-6-3-18(15-19)22(24)16-4-7-20(25)8-5-16/h4-5,7-8,17-19,22H,2-3,6,9-15H2,1H3. The molecule has 2 heterocycles. The van der Waals surface area contributed by atoms with Crippen LogP contribution in [-0.2, 0) is 9.53 Å². The first-order valence-electron chi connectivity index (χ1n) is 11.4. The number of piperidine rings is 1. The summed E-state index contributed by atoms with van der Waals surface area (Å²) in [6.45, 7) is 4.21. The monoisotopic (exact) mass is 414 g/mol. The number of aliphatic imine (C=N–C) groups is 1. The summed E-state index contributed by atoms with van der Waals surface area (Å²) in [6, 6.07) is 8.54. The fourth-order valence-corrected chi connectivity index (χ4v) is 6.84. The van der Waals surface area contributed by atoms with Gasteiger partial charge >= 0.3 is 5.97 Å². The van der Waals surface area contributed by atoms with Crippen molar-refractivity contribution in [2.45, 2.75) is 63.3 Å². The van der Waals surface area contributed by atoms with Gasteiger partial charge in [0.2, 0.25) is 0 Å². The Morgan fingerprint density at radius 3 is 2.69 bits per heavy atom. The van der Waals surface area contributed by atoms with Crippen LogP contribution < -0.4 is 0 Å². The second-order valence-corrected chi connectivity index (χ2v) is 9.77. The number of halogens is 1. The van der Waals surface area contributed by atoms with Crippen LogP contribution in [0, 0.1) is 17.8 Å². The molecule has 2 aliphatic carbocycles. The van der Waals surface area contributed by atoms with Crippen molar-refractivity contribution < 1.29 is 9.53 Å². The zero-order chi connectivity index (χ0) is 20.0. The largest absolute Gasteiger partial charge is 0.466 e. The van der Waals surface area contributed by atoms with Crippen molar-refractivity contribution in [1.82, 2.24) is 4.90 Å². The van der Waals surface area contributed by atoms with Crippen LogP contribution in [0.15, 0.2) is 29.3 Å². The zero-order valence-corrected chi connectivity index (χ0v) is 18.0. The number of amidine groups is 1. The van der Waals surface area contributed by atoms with Crippen molar-refractivity contribution in [2.75, 3.05) is 19.7 Å². The van der Waals surface area contributed by atoms with Gasteiger partial charge < -0.3 is 9.64 Å². The van der Waals surface area contributed by atoms with E-state index < -0.39 is 0 Å². The number of carbonyl (C=O) groups is 1. The molecule has 4 aliphatic rings. The summed E-state index contributed by atoms with van der Waals surface area (Å²) in [5, 5.41) is 0.811. The normalized spacial score (nSPS) is 34.1. The van der Waals surface area contributed by atoms with Crippen LogP contribution in [0.25, 0.3) is 0 Å². The lowest BCUT2D eigenvalue weighted by Crippen LogP contribution is -2.41. The molecule has 2 bridgehead atoms. The number of ether oxygens (including phenoxy) is 1. The Bertz CT molecular complexity index is 800. The first kappa shape index (κ1) is 19.4. The van der Waals surface area contributed by atoms with Crippen LogP contribution in [0.2, 0.25) is 5.02 Å². The Labute approximate surface area is 178 Å². The van der Waals surface area contributed by atoms with E-state index in [1.54, 1.807) is 0 Å². The van der Waals surface area contributed by atoms with Crippen molar-refractivity contribution in [1.29, 1.82) is 0 Å². The van der Waals surface area contributed by atoms with Crippen molar-refractivity contribution in [3.63, 3.8) is 0 Å². The Hall–Kier alpha value is -1.55. The fraction of sp³-hybridized carbons (Fsp3) is 0.667. The highest BCUT2D eigenvalue weighted by Crippen LogP contribution is 2.63. The van der Waals surface area contributed by atoms with E-state index in [-0.39, 0.29) is 17.4 Å². The highest BCUT2D eigenvalue weighted by atomic mass is 35.5. The number of nitrogens with zero attached hydrogens (tertiary/aromatic N) is 2. The average Bonchev–Trinajstić information content (AvgIpc) is 3.45. The minimum Gasteiger partial charge on any atom is -0.466 e. The van der Waals surface area contributed by atoms with Crippen LogP contribution in [0.1, 0.15) is 63.4 Å². The van der Waals surface area contributed by atoms with E-state index in [1.165, 1.54) is 37.1 Å². The Kier molecular flexibility index (Phi) is 5.09. The van der Waals surface area contributed by atoms with Crippen molar-refractivity contribution in [3.05, 3.63) is 34.9 Å². The number of carbonyl (C=O) groups excluding carboxylic acids is 1. The average molecular weight is 415 g/mol. The number of esters is 1. The van der Waals surface area contributed by atoms with Crippen LogP contribution in [0.3, 0.4) is 0 Å². The van der Waals surface area contributed by atoms with Crippen LogP contribution in [-0.4, -0.2) is 41.9 Å². The van der Waals surface area contributed by atoms with Gasteiger partial charge in [0.25, 0.3) is 0 Å². The molecule has 1 saturated heterocycles. The van der Waals surface area contributed by atoms with Gasteiger partial charge in [-0.1, -0.05) is 23.7 Å². The number of rotatable bonds is 3. The predicted molar refractivity (Wildman–Crippen MR) is 115 cm³/mol. The molecule has 3 fully saturated rings. The van der Waals surface area contributed by atoms with E-state index in [0.29, 0.717) is 12.5 Å². The summed E-state index contributed by atoms with van der Waals surface area (Å²) >= 11 is 6.16. The van der Waals surface area contributed by atoms with Gasteiger partial charge in [0.1, 0.15) is 0 Å². The third-order valence-corrected chi connectivity index (χ3v) is 8.24. The molecule has 0 radical (unpaired) electrons. The highest BCUT2D eigenvalue weighted by molar-refractivity contribution is 6.30. The summed E-state index contributed by atoms with van der Waals surface area (Å²) in [7, 11) is 0. The van der Waals surface area contributed by atoms with Crippen LogP contribution in [0.4, 0.5) is 0 Å². The zero-order valence-electron chi connectivity index (χ0n) is 17.3.